The van der Waals surface area contributed by atoms with E-state index in [1.165, 1.54) is 0 Å². The molecule has 4 nitrogen and oxygen atoms in total. The van der Waals surface area contributed by atoms with Gasteiger partial charge in [-0.3, -0.25) is 4.79 Å². The zero-order valence-corrected chi connectivity index (χ0v) is 9.64. The summed E-state index contributed by atoms with van der Waals surface area (Å²) in [5, 5.41) is 5.84. The fourth-order valence-corrected chi connectivity index (χ4v) is 0.961. The van der Waals surface area contributed by atoms with Crippen LogP contribution in [0.3, 0.4) is 0 Å². The van der Waals surface area contributed by atoms with E-state index in [1.54, 1.807) is 14.2 Å². The summed E-state index contributed by atoms with van der Waals surface area (Å²) in [6.07, 6.45) is 1.44. The van der Waals surface area contributed by atoms with Gasteiger partial charge in [-0.15, -0.1) is 0 Å². The molecule has 0 unspecified atom stereocenters. The maximum atomic E-state index is 10.9. The summed E-state index contributed by atoms with van der Waals surface area (Å²) >= 11 is 0. The van der Waals surface area contributed by atoms with Gasteiger partial charge >= 0.3 is 0 Å². The Hall–Kier alpha value is -0.610. The normalized spacial score (nSPS) is 11.4. The maximum Gasteiger partial charge on any atom is 0.219 e. The predicted molar refractivity (Wildman–Crippen MR) is 57.3 cm³/mol. The molecule has 0 atom stereocenters. The molecule has 0 aliphatic rings. The topological polar surface area (TPSA) is 50.4 Å². The first-order chi connectivity index (χ1) is 6.52. The highest BCUT2D eigenvalue weighted by Gasteiger charge is 2.14. The second-order valence-corrected chi connectivity index (χ2v) is 3.92. The van der Waals surface area contributed by atoms with Crippen LogP contribution in [0.1, 0.15) is 26.7 Å². The third kappa shape index (κ3) is 6.86. The molecule has 0 spiro atoms. The second kappa shape index (κ2) is 6.79. The highest BCUT2D eigenvalue weighted by Crippen LogP contribution is 2.04. The van der Waals surface area contributed by atoms with Crippen molar-refractivity contribution in [2.75, 3.05) is 27.2 Å². The van der Waals surface area contributed by atoms with Crippen LogP contribution in [0, 0.1) is 0 Å². The van der Waals surface area contributed by atoms with Crippen molar-refractivity contribution in [2.45, 2.75) is 32.3 Å². The number of carbonyl (C=O) groups is 1. The molecule has 0 aromatic heterocycles. The number of hydrogen-bond acceptors (Lipinski definition) is 3. The average molecular weight is 202 g/mol. The van der Waals surface area contributed by atoms with E-state index in [0.717, 1.165) is 19.5 Å². The number of methoxy groups -OCH3 is 1. The van der Waals surface area contributed by atoms with E-state index in [-0.39, 0.29) is 11.5 Å². The van der Waals surface area contributed by atoms with Gasteiger partial charge in [-0.1, -0.05) is 0 Å². The van der Waals surface area contributed by atoms with Crippen molar-refractivity contribution in [1.29, 1.82) is 0 Å². The molecule has 0 aromatic carbocycles. The molecule has 0 aliphatic heterocycles. The van der Waals surface area contributed by atoms with Crippen LogP contribution in [0.4, 0.5) is 0 Å². The number of carbonyl (C=O) groups excluding carboxylic acids is 1. The zero-order chi connectivity index (χ0) is 11.0. The average Bonchev–Trinajstić information content (AvgIpc) is 2.17. The Bertz CT molecular complexity index is 170. The van der Waals surface area contributed by atoms with Crippen molar-refractivity contribution in [3.05, 3.63) is 0 Å². The van der Waals surface area contributed by atoms with Crippen molar-refractivity contribution >= 4 is 5.91 Å². The maximum absolute atomic E-state index is 10.9. The van der Waals surface area contributed by atoms with Crippen LogP contribution >= 0.6 is 0 Å². The molecule has 14 heavy (non-hydrogen) atoms. The molecule has 0 aromatic rings. The molecule has 0 bridgehead atoms. The molecule has 2 N–H and O–H groups in total. The van der Waals surface area contributed by atoms with Crippen molar-refractivity contribution in [3.8, 4) is 0 Å². The number of rotatable bonds is 7. The van der Waals surface area contributed by atoms with Gasteiger partial charge < -0.3 is 15.4 Å². The van der Waals surface area contributed by atoms with Crippen LogP contribution in [0.5, 0.6) is 0 Å². The molecular formula is C10H22N2O2. The van der Waals surface area contributed by atoms with Gasteiger partial charge in [0.05, 0.1) is 5.60 Å². The Kier molecular flexibility index (Phi) is 6.49. The first kappa shape index (κ1) is 13.4. The number of amides is 1. The van der Waals surface area contributed by atoms with Gasteiger partial charge in [0.15, 0.2) is 0 Å². The number of ether oxygens (including phenoxy) is 1. The summed E-state index contributed by atoms with van der Waals surface area (Å²) in [5.74, 6) is 0.0952. The Labute approximate surface area is 86.4 Å². The highest BCUT2D eigenvalue weighted by molar-refractivity contribution is 5.75. The molecule has 0 saturated carbocycles. The van der Waals surface area contributed by atoms with Crippen LogP contribution in [0.25, 0.3) is 0 Å². The molecule has 0 heterocycles. The smallest absolute Gasteiger partial charge is 0.219 e. The van der Waals surface area contributed by atoms with Gasteiger partial charge in [-0.25, -0.2) is 0 Å². The largest absolute Gasteiger partial charge is 0.377 e. The van der Waals surface area contributed by atoms with Gasteiger partial charge in [0.25, 0.3) is 0 Å². The fraction of sp³-hybridized carbons (Fsp3) is 0.900. The molecule has 0 fully saturated rings. The van der Waals surface area contributed by atoms with E-state index in [9.17, 15) is 4.79 Å². The first-order valence-electron chi connectivity index (χ1n) is 4.98. The van der Waals surface area contributed by atoms with Crippen molar-refractivity contribution in [3.63, 3.8) is 0 Å². The summed E-state index contributed by atoms with van der Waals surface area (Å²) in [6, 6.07) is 0. The fourth-order valence-electron chi connectivity index (χ4n) is 0.961. The third-order valence-electron chi connectivity index (χ3n) is 2.14. The molecule has 0 radical (unpaired) electrons. The van der Waals surface area contributed by atoms with E-state index < -0.39 is 0 Å². The minimum Gasteiger partial charge on any atom is -0.377 e. The molecule has 0 rings (SSSR count). The van der Waals surface area contributed by atoms with Crippen LogP contribution in [0.2, 0.25) is 0 Å². The van der Waals surface area contributed by atoms with E-state index in [2.05, 4.69) is 10.6 Å². The molecule has 84 valence electrons. The van der Waals surface area contributed by atoms with Crippen LogP contribution in [0.15, 0.2) is 0 Å². The van der Waals surface area contributed by atoms with Crippen LogP contribution in [-0.2, 0) is 9.53 Å². The Morgan fingerprint density at radius 2 is 2.07 bits per heavy atom. The molecule has 1 amide bonds. The first-order valence-corrected chi connectivity index (χ1v) is 4.98. The molecule has 4 heteroatoms. The summed E-state index contributed by atoms with van der Waals surface area (Å²) in [4.78, 5) is 10.9. The molecule has 0 saturated heterocycles. The summed E-state index contributed by atoms with van der Waals surface area (Å²) in [5.41, 5.74) is -0.132. The SMILES string of the molecule is CNC(=O)CCCNCC(C)(C)OC. The summed E-state index contributed by atoms with van der Waals surface area (Å²) < 4.78 is 5.24. The predicted octanol–water partition coefficient (Wildman–Crippen LogP) is 0.527. The van der Waals surface area contributed by atoms with Gasteiger partial charge in [0.1, 0.15) is 0 Å². The van der Waals surface area contributed by atoms with Crippen LogP contribution in [-0.4, -0.2) is 38.8 Å². The second-order valence-electron chi connectivity index (χ2n) is 3.92. The van der Waals surface area contributed by atoms with Crippen molar-refractivity contribution < 1.29 is 9.53 Å². The Morgan fingerprint density at radius 1 is 1.43 bits per heavy atom. The third-order valence-corrected chi connectivity index (χ3v) is 2.14. The van der Waals surface area contributed by atoms with E-state index in [0.29, 0.717) is 6.42 Å². The lowest BCUT2D eigenvalue weighted by Gasteiger charge is -2.23. The minimum absolute atomic E-state index is 0.0952. The summed E-state index contributed by atoms with van der Waals surface area (Å²) in [6.45, 7) is 5.70. The quantitative estimate of drug-likeness (QED) is 0.592. The van der Waals surface area contributed by atoms with E-state index >= 15 is 0 Å². The lowest BCUT2D eigenvalue weighted by Crippen LogP contribution is -2.37. The lowest BCUT2D eigenvalue weighted by atomic mass is 10.1. The monoisotopic (exact) mass is 202 g/mol. The Morgan fingerprint density at radius 3 is 2.57 bits per heavy atom. The van der Waals surface area contributed by atoms with Gasteiger partial charge in [0, 0.05) is 27.1 Å². The van der Waals surface area contributed by atoms with Gasteiger partial charge in [-0.05, 0) is 26.8 Å². The van der Waals surface area contributed by atoms with Crippen molar-refractivity contribution in [1.82, 2.24) is 10.6 Å². The van der Waals surface area contributed by atoms with E-state index in [4.69, 9.17) is 4.74 Å². The highest BCUT2D eigenvalue weighted by atomic mass is 16.5. The molecular weight excluding hydrogens is 180 g/mol. The van der Waals surface area contributed by atoms with Crippen molar-refractivity contribution in [2.24, 2.45) is 0 Å². The Balaban J connectivity index is 3.34. The lowest BCUT2D eigenvalue weighted by molar-refractivity contribution is -0.120. The standard InChI is InChI=1S/C10H22N2O2/c1-10(2,14-4)8-12-7-5-6-9(13)11-3/h12H,5-8H2,1-4H3,(H,11,13). The van der Waals surface area contributed by atoms with Gasteiger partial charge in [0.2, 0.25) is 5.91 Å². The molecule has 0 aliphatic carbocycles. The van der Waals surface area contributed by atoms with Gasteiger partial charge in [-0.2, -0.15) is 0 Å². The number of nitrogens with one attached hydrogen (secondary N) is 2. The van der Waals surface area contributed by atoms with E-state index in [1.807, 2.05) is 13.8 Å². The zero-order valence-electron chi connectivity index (χ0n) is 9.64. The minimum atomic E-state index is -0.132. The number of hydrogen-bond donors (Lipinski definition) is 2. The van der Waals surface area contributed by atoms with Crippen LogP contribution < -0.4 is 10.6 Å². The summed E-state index contributed by atoms with van der Waals surface area (Å²) in [7, 11) is 3.36.